The van der Waals surface area contributed by atoms with E-state index in [0.717, 1.165) is 37.2 Å². The summed E-state index contributed by atoms with van der Waals surface area (Å²) >= 11 is 1.68. The van der Waals surface area contributed by atoms with Crippen LogP contribution in [0.1, 0.15) is 24.0 Å². The minimum Gasteiger partial charge on any atom is -0.495 e. The van der Waals surface area contributed by atoms with Crippen molar-refractivity contribution in [2.75, 3.05) is 18.6 Å². The zero-order valence-corrected chi connectivity index (χ0v) is 13.0. The van der Waals surface area contributed by atoms with Crippen LogP contribution in [-0.4, -0.2) is 19.6 Å². The summed E-state index contributed by atoms with van der Waals surface area (Å²) in [4.78, 5) is 14.5. The Morgan fingerprint density at radius 2 is 2.29 bits per heavy atom. The molecule has 1 aliphatic heterocycles. The molecular weight excluding hydrogens is 282 g/mol. The Balaban J connectivity index is 1.79. The standard InChI is InChI=1S/C17H19NO2S/c1-20-15-6-2-4-14-5-3-10-18(17(14)15)16(19)8-7-13-9-11-21-12-13/h2,4,6,9,11-12H,3,5,7-8,10H2,1H3. The van der Waals surface area contributed by atoms with Crippen molar-refractivity contribution >= 4 is 22.9 Å². The molecule has 3 rings (SSSR count). The number of rotatable bonds is 4. The topological polar surface area (TPSA) is 29.5 Å². The van der Waals surface area contributed by atoms with Gasteiger partial charge in [0.2, 0.25) is 5.91 Å². The maximum Gasteiger partial charge on any atom is 0.227 e. The van der Waals surface area contributed by atoms with Crippen LogP contribution in [0.3, 0.4) is 0 Å². The van der Waals surface area contributed by atoms with Gasteiger partial charge in [-0.3, -0.25) is 4.79 Å². The van der Waals surface area contributed by atoms with E-state index >= 15 is 0 Å². The number of carbonyl (C=O) groups is 1. The van der Waals surface area contributed by atoms with Crippen molar-refractivity contribution < 1.29 is 9.53 Å². The SMILES string of the molecule is COc1cccc2c1N(C(=O)CCc1ccsc1)CCC2. The highest BCUT2D eigenvalue weighted by atomic mass is 32.1. The Hall–Kier alpha value is -1.81. The molecule has 4 heteroatoms. The number of para-hydroxylation sites is 1. The molecule has 0 atom stereocenters. The Kier molecular flexibility index (Phi) is 4.25. The number of fused-ring (bicyclic) bond motifs is 1. The largest absolute Gasteiger partial charge is 0.495 e. The third kappa shape index (κ3) is 2.95. The Morgan fingerprint density at radius 3 is 3.05 bits per heavy atom. The van der Waals surface area contributed by atoms with E-state index in [4.69, 9.17) is 4.74 Å². The highest BCUT2D eigenvalue weighted by Crippen LogP contribution is 2.36. The molecule has 0 bridgehead atoms. The second-order valence-corrected chi connectivity index (χ2v) is 6.03. The summed E-state index contributed by atoms with van der Waals surface area (Å²) in [5.41, 5.74) is 3.43. The molecule has 0 unspecified atom stereocenters. The zero-order valence-electron chi connectivity index (χ0n) is 12.2. The number of ether oxygens (including phenoxy) is 1. The van der Waals surface area contributed by atoms with E-state index in [1.54, 1.807) is 18.4 Å². The third-order valence-corrected chi connectivity index (χ3v) is 4.64. The maximum absolute atomic E-state index is 12.6. The van der Waals surface area contributed by atoms with Gasteiger partial charge in [-0.05, 0) is 53.3 Å². The van der Waals surface area contributed by atoms with Gasteiger partial charge in [0, 0.05) is 13.0 Å². The summed E-state index contributed by atoms with van der Waals surface area (Å²) in [7, 11) is 1.66. The second kappa shape index (κ2) is 6.31. The lowest BCUT2D eigenvalue weighted by Crippen LogP contribution is -2.35. The molecule has 0 radical (unpaired) electrons. The molecule has 0 saturated carbocycles. The van der Waals surface area contributed by atoms with Gasteiger partial charge in [-0.25, -0.2) is 0 Å². The van der Waals surface area contributed by atoms with Crippen molar-refractivity contribution in [3.05, 3.63) is 46.2 Å². The number of hydrogen-bond acceptors (Lipinski definition) is 3. The summed E-state index contributed by atoms with van der Waals surface area (Å²) in [6, 6.07) is 8.11. The van der Waals surface area contributed by atoms with Crippen molar-refractivity contribution in [3.8, 4) is 5.75 Å². The molecule has 0 spiro atoms. The molecule has 0 fully saturated rings. The van der Waals surface area contributed by atoms with Crippen LogP contribution in [0.5, 0.6) is 5.75 Å². The highest BCUT2D eigenvalue weighted by Gasteiger charge is 2.25. The van der Waals surface area contributed by atoms with Gasteiger partial charge in [-0.15, -0.1) is 0 Å². The van der Waals surface area contributed by atoms with Crippen LogP contribution in [-0.2, 0) is 17.6 Å². The Bertz CT molecular complexity index is 607. The number of thiophene rings is 1. The van der Waals surface area contributed by atoms with Crippen LogP contribution in [0, 0.1) is 0 Å². The van der Waals surface area contributed by atoms with E-state index < -0.39 is 0 Å². The molecule has 110 valence electrons. The first kappa shape index (κ1) is 14.1. The Labute approximate surface area is 129 Å². The van der Waals surface area contributed by atoms with Crippen LogP contribution in [0.4, 0.5) is 5.69 Å². The Morgan fingerprint density at radius 1 is 1.38 bits per heavy atom. The van der Waals surface area contributed by atoms with Crippen LogP contribution in [0.15, 0.2) is 35.0 Å². The average Bonchev–Trinajstić information content (AvgIpc) is 3.04. The molecule has 2 aromatic rings. The monoisotopic (exact) mass is 301 g/mol. The number of nitrogens with zero attached hydrogens (tertiary/aromatic N) is 1. The minimum absolute atomic E-state index is 0.187. The van der Waals surface area contributed by atoms with E-state index in [2.05, 4.69) is 22.9 Å². The summed E-state index contributed by atoms with van der Waals surface area (Å²) < 4.78 is 5.45. The van der Waals surface area contributed by atoms with Crippen molar-refractivity contribution in [2.45, 2.75) is 25.7 Å². The molecule has 1 aromatic heterocycles. The fraction of sp³-hybridized carbons (Fsp3) is 0.353. The second-order valence-electron chi connectivity index (χ2n) is 5.25. The average molecular weight is 301 g/mol. The summed E-state index contributed by atoms with van der Waals surface area (Å²) in [6.45, 7) is 0.788. The van der Waals surface area contributed by atoms with Gasteiger partial charge in [0.1, 0.15) is 5.75 Å². The van der Waals surface area contributed by atoms with E-state index in [0.29, 0.717) is 6.42 Å². The predicted molar refractivity (Wildman–Crippen MR) is 86.3 cm³/mol. The molecule has 2 heterocycles. The summed E-state index contributed by atoms with van der Waals surface area (Å²) in [5, 5.41) is 4.16. The minimum atomic E-state index is 0.187. The first-order valence-electron chi connectivity index (χ1n) is 7.27. The van der Waals surface area contributed by atoms with Crippen LogP contribution in [0.2, 0.25) is 0 Å². The van der Waals surface area contributed by atoms with Gasteiger partial charge in [0.25, 0.3) is 0 Å². The molecule has 3 nitrogen and oxygen atoms in total. The predicted octanol–water partition coefficient (Wildman–Crippen LogP) is 3.67. The summed E-state index contributed by atoms with van der Waals surface area (Å²) in [6.07, 6.45) is 3.39. The van der Waals surface area contributed by atoms with Crippen LogP contribution in [0.25, 0.3) is 0 Å². The lowest BCUT2D eigenvalue weighted by molar-refractivity contribution is -0.118. The van der Waals surface area contributed by atoms with Gasteiger partial charge in [-0.1, -0.05) is 12.1 Å². The van der Waals surface area contributed by atoms with Gasteiger partial charge < -0.3 is 9.64 Å². The van der Waals surface area contributed by atoms with Crippen LogP contribution < -0.4 is 9.64 Å². The number of methoxy groups -OCH3 is 1. The zero-order chi connectivity index (χ0) is 14.7. The highest BCUT2D eigenvalue weighted by molar-refractivity contribution is 7.07. The third-order valence-electron chi connectivity index (χ3n) is 3.91. The van der Waals surface area contributed by atoms with Crippen molar-refractivity contribution in [1.29, 1.82) is 0 Å². The van der Waals surface area contributed by atoms with Crippen LogP contribution >= 0.6 is 11.3 Å². The van der Waals surface area contributed by atoms with Gasteiger partial charge in [0.05, 0.1) is 12.8 Å². The van der Waals surface area contributed by atoms with E-state index in [-0.39, 0.29) is 5.91 Å². The van der Waals surface area contributed by atoms with Gasteiger partial charge in [-0.2, -0.15) is 11.3 Å². The van der Waals surface area contributed by atoms with E-state index in [1.165, 1.54) is 11.1 Å². The lowest BCUT2D eigenvalue weighted by Gasteiger charge is -2.31. The fourth-order valence-electron chi connectivity index (χ4n) is 2.85. The quantitative estimate of drug-likeness (QED) is 0.862. The molecule has 1 aromatic carbocycles. The van der Waals surface area contributed by atoms with Crippen molar-refractivity contribution in [3.63, 3.8) is 0 Å². The number of anilines is 1. The number of hydrogen-bond donors (Lipinski definition) is 0. The lowest BCUT2D eigenvalue weighted by atomic mass is 10.00. The van der Waals surface area contributed by atoms with Gasteiger partial charge in [0.15, 0.2) is 0 Å². The van der Waals surface area contributed by atoms with E-state index in [9.17, 15) is 4.79 Å². The molecule has 0 N–H and O–H groups in total. The smallest absolute Gasteiger partial charge is 0.227 e. The van der Waals surface area contributed by atoms with E-state index in [1.807, 2.05) is 17.0 Å². The fourth-order valence-corrected chi connectivity index (χ4v) is 3.55. The molecular formula is C17H19NO2S. The number of carbonyl (C=O) groups excluding carboxylic acids is 1. The number of aryl methyl sites for hydroxylation is 2. The van der Waals surface area contributed by atoms with Crippen molar-refractivity contribution in [2.24, 2.45) is 0 Å². The summed E-state index contributed by atoms with van der Waals surface area (Å²) in [5.74, 6) is 0.989. The number of amides is 1. The molecule has 1 amide bonds. The van der Waals surface area contributed by atoms with Crippen molar-refractivity contribution in [1.82, 2.24) is 0 Å². The maximum atomic E-state index is 12.6. The van der Waals surface area contributed by atoms with Gasteiger partial charge >= 0.3 is 0 Å². The molecule has 0 aliphatic carbocycles. The normalized spacial score (nSPS) is 13.9. The first-order valence-corrected chi connectivity index (χ1v) is 8.21. The molecule has 21 heavy (non-hydrogen) atoms. The number of benzene rings is 1. The molecule has 0 saturated heterocycles. The first-order chi connectivity index (χ1) is 10.3. The molecule has 1 aliphatic rings.